The fourth-order valence-corrected chi connectivity index (χ4v) is 2.98. The van der Waals surface area contributed by atoms with Gasteiger partial charge in [0.25, 0.3) is 0 Å². The number of hydrogen-bond acceptors (Lipinski definition) is 0. The summed E-state index contributed by atoms with van der Waals surface area (Å²) in [6.07, 6.45) is 10.8. The molecule has 1 atom stereocenters. The van der Waals surface area contributed by atoms with E-state index in [-0.39, 0.29) is 0 Å². The van der Waals surface area contributed by atoms with Crippen molar-refractivity contribution in [2.75, 3.05) is 0 Å². The van der Waals surface area contributed by atoms with Crippen LogP contribution in [0.25, 0.3) is 0 Å². The average molecular weight is 254 g/mol. The zero-order valence-corrected chi connectivity index (χ0v) is 12.7. The van der Waals surface area contributed by atoms with Crippen molar-refractivity contribution in [2.24, 2.45) is 5.92 Å². The first-order chi connectivity index (χ1) is 9.01. The SMILES string of the molecule is C=C(C)C1=C/C(=C/C2=C(C)CC[C@H](CC)C2)C(=C)C1. The molecule has 0 aromatic rings. The van der Waals surface area contributed by atoms with E-state index in [1.807, 2.05) is 0 Å². The summed E-state index contributed by atoms with van der Waals surface area (Å²) < 4.78 is 0. The lowest BCUT2D eigenvalue weighted by Crippen LogP contribution is -2.07. The second kappa shape index (κ2) is 5.77. The zero-order valence-electron chi connectivity index (χ0n) is 12.7. The third-order valence-electron chi connectivity index (χ3n) is 4.58. The molecule has 0 N–H and O–H groups in total. The van der Waals surface area contributed by atoms with Crippen LogP contribution in [0.2, 0.25) is 0 Å². The summed E-state index contributed by atoms with van der Waals surface area (Å²) in [4.78, 5) is 0. The Bertz CT molecular complexity index is 494. The highest BCUT2D eigenvalue weighted by molar-refractivity contribution is 5.56. The van der Waals surface area contributed by atoms with Gasteiger partial charge in [-0.25, -0.2) is 0 Å². The van der Waals surface area contributed by atoms with Crippen molar-refractivity contribution in [3.05, 3.63) is 58.7 Å². The van der Waals surface area contributed by atoms with Gasteiger partial charge in [-0.15, -0.1) is 0 Å². The molecule has 2 aliphatic rings. The van der Waals surface area contributed by atoms with Gasteiger partial charge in [0.05, 0.1) is 0 Å². The van der Waals surface area contributed by atoms with Crippen LogP contribution in [0.4, 0.5) is 0 Å². The van der Waals surface area contributed by atoms with Gasteiger partial charge in [-0.2, -0.15) is 0 Å². The minimum Gasteiger partial charge on any atom is -0.0958 e. The van der Waals surface area contributed by atoms with Crippen LogP contribution in [-0.2, 0) is 0 Å². The molecule has 0 amide bonds. The molecule has 102 valence electrons. The number of hydrogen-bond donors (Lipinski definition) is 0. The molecule has 0 radical (unpaired) electrons. The Morgan fingerprint density at radius 3 is 2.79 bits per heavy atom. The van der Waals surface area contributed by atoms with Crippen molar-refractivity contribution in [3.8, 4) is 0 Å². The lowest BCUT2D eigenvalue weighted by Gasteiger charge is -2.23. The summed E-state index contributed by atoms with van der Waals surface area (Å²) in [7, 11) is 0. The van der Waals surface area contributed by atoms with Crippen molar-refractivity contribution in [2.45, 2.75) is 52.9 Å². The molecular weight excluding hydrogens is 228 g/mol. The molecule has 2 rings (SSSR count). The van der Waals surface area contributed by atoms with Crippen LogP contribution in [0.15, 0.2) is 58.7 Å². The maximum absolute atomic E-state index is 4.21. The van der Waals surface area contributed by atoms with Gasteiger partial charge in [0.2, 0.25) is 0 Å². The largest absolute Gasteiger partial charge is 0.0958 e. The molecule has 0 saturated heterocycles. The number of allylic oxidation sites excluding steroid dienone is 8. The topological polar surface area (TPSA) is 0 Å². The van der Waals surface area contributed by atoms with Gasteiger partial charge in [-0.05, 0) is 67.7 Å². The normalized spacial score (nSPS) is 26.1. The molecular formula is C19H26. The highest BCUT2D eigenvalue weighted by Gasteiger charge is 2.19. The molecule has 19 heavy (non-hydrogen) atoms. The Morgan fingerprint density at radius 1 is 1.47 bits per heavy atom. The van der Waals surface area contributed by atoms with Gasteiger partial charge < -0.3 is 0 Å². The van der Waals surface area contributed by atoms with Gasteiger partial charge in [0.1, 0.15) is 0 Å². The zero-order chi connectivity index (χ0) is 14.0. The quantitative estimate of drug-likeness (QED) is 0.588. The smallest absolute Gasteiger partial charge is 0.00231 e. The van der Waals surface area contributed by atoms with Gasteiger partial charge >= 0.3 is 0 Å². The van der Waals surface area contributed by atoms with Crippen LogP contribution in [0.1, 0.15) is 52.9 Å². The Morgan fingerprint density at radius 2 is 2.21 bits per heavy atom. The first-order valence-electron chi connectivity index (χ1n) is 7.46. The molecule has 0 aliphatic heterocycles. The predicted octanol–water partition coefficient (Wildman–Crippen LogP) is 5.90. The summed E-state index contributed by atoms with van der Waals surface area (Å²) in [5, 5.41) is 0. The standard InChI is InChI=1S/C19H26/c1-6-16-8-7-14(4)18(10-16)12-19-11-17(13(2)3)9-15(19)5/h11-12,16H,2,5-10H2,1,3-4H3/b19-12-/t16-/m0/s1. The molecule has 0 heteroatoms. The molecule has 0 nitrogen and oxygen atoms in total. The van der Waals surface area contributed by atoms with E-state index < -0.39 is 0 Å². The Labute approximate surface area is 118 Å². The third-order valence-corrected chi connectivity index (χ3v) is 4.58. The fourth-order valence-electron chi connectivity index (χ4n) is 2.98. The van der Waals surface area contributed by atoms with Crippen molar-refractivity contribution in [1.82, 2.24) is 0 Å². The summed E-state index contributed by atoms with van der Waals surface area (Å²) in [5.41, 5.74) is 8.21. The van der Waals surface area contributed by atoms with E-state index >= 15 is 0 Å². The summed E-state index contributed by atoms with van der Waals surface area (Å²) in [6, 6.07) is 0. The maximum atomic E-state index is 4.21. The van der Waals surface area contributed by atoms with Crippen molar-refractivity contribution in [1.29, 1.82) is 0 Å². The number of rotatable bonds is 3. The van der Waals surface area contributed by atoms with Crippen molar-refractivity contribution in [3.63, 3.8) is 0 Å². The van der Waals surface area contributed by atoms with E-state index in [9.17, 15) is 0 Å². The Kier molecular flexibility index (Phi) is 4.29. The van der Waals surface area contributed by atoms with Crippen LogP contribution in [0, 0.1) is 5.92 Å². The van der Waals surface area contributed by atoms with Gasteiger partial charge in [0.15, 0.2) is 0 Å². The van der Waals surface area contributed by atoms with Crippen molar-refractivity contribution < 1.29 is 0 Å². The van der Waals surface area contributed by atoms with E-state index in [0.717, 1.165) is 12.3 Å². The van der Waals surface area contributed by atoms with Crippen LogP contribution in [0.3, 0.4) is 0 Å². The second-order valence-corrected chi connectivity index (χ2v) is 6.15. The lowest BCUT2D eigenvalue weighted by molar-refractivity contribution is 0.446. The minimum atomic E-state index is 0.870. The summed E-state index contributed by atoms with van der Waals surface area (Å²) in [6.45, 7) is 14.9. The van der Waals surface area contributed by atoms with E-state index in [2.05, 4.69) is 46.1 Å². The van der Waals surface area contributed by atoms with Crippen LogP contribution < -0.4 is 0 Å². The highest BCUT2D eigenvalue weighted by Crippen LogP contribution is 2.36. The lowest BCUT2D eigenvalue weighted by atomic mass is 9.82. The first kappa shape index (κ1) is 14.1. The molecule has 0 aromatic heterocycles. The molecule has 0 bridgehead atoms. The van der Waals surface area contributed by atoms with E-state index in [1.165, 1.54) is 48.0 Å². The van der Waals surface area contributed by atoms with E-state index in [1.54, 1.807) is 11.1 Å². The van der Waals surface area contributed by atoms with E-state index in [0.29, 0.717) is 0 Å². The van der Waals surface area contributed by atoms with E-state index in [4.69, 9.17) is 0 Å². The second-order valence-electron chi connectivity index (χ2n) is 6.15. The maximum Gasteiger partial charge on any atom is -0.00231 e. The Balaban J connectivity index is 2.25. The van der Waals surface area contributed by atoms with Gasteiger partial charge in [0, 0.05) is 0 Å². The predicted molar refractivity (Wildman–Crippen MR) is 85.1 cm³/mol. The molecule has 0 heterocycles. The molecule has 0 aromatic carbocycles. The van der Waals surface area contributed by atoms with Crippen molar-refractivity contribution >= 4 is 0 Å². The average Bonchev–Trinajstić information content (AvgIpc) is 2.74. The Hall–Kier alpha value is -1.30. The molecule has 0 unspecified atom stereocenters. The monoisotopic (exact) mass is 254 g/mol. The molecule has 0 spiro atoms. The van der Waals surface area contributed by atoms with Gasteiger partial charge in [-0.1, -0.05) is 49.8 Å². The van der Waals surface area contributed by atoms with Crippen LogP contribution in [-0.4, -0.2) is 0 Å². The molecule has 0 saturated carbocycles. The van der Waals surface area contributed by atoms with Crippen LogP contribution in [0.5, 0.6) is 0 Å². The van der Waals surface area contributed by atoms with Crippen LogP contribution >= 0.6 is 0 Å². The molecule has 0 fully saturated rings. The fraction of sp³-hybridized carbons (Fsp3) is 0.474. The highest BCUT2D eigenvalue weighted by atomic mass is 14.2. The van der Waals surface area contributed by atoms with Gasteiger partial charge in [-0.3, -0.25) is 0 Å². The summed E-state index contributed by atoms with van der Waals surface area (Å²) >= 11 is 0. The third kappa shape index (κ3) is 3.18. The minimum absolute atomic E-state index is 0.870. The molecule has 2 aliphatic carbocycles. The first-order valence-corrected chi connectivity index (χ1v) is 7.46. The summed E-state index contributed by atoms with van der Waals surface area (Å²) in [5.74, 6) is 0.870.